The summed E-state index contributed by atoms with van der Waals surface area (Å²) >= 11 is 0. The van der Waals surface area contributed by atoms with E-state index in [1.54, 1.807) is 0 Å². The highest BCUT2D eigenvalue weighted by Gasteiger charge is 2.45. The molecular weight excluding hydrogens is 184 g/mol. The minimum Gasteiger partial charge on any atom is -0.329 e. The molecule has 0 aromatic heterocycles. The van der Waals surface area contributed by atoms with Gasteiger partial charge in [-0.3, -0.25) is 0 Å². The fraction of sp³-hybridized carbons (Fsp3) is 1.00. The van der Waals surface area contributed by atoms with Crippen LogP contribution in [0, 0.1) is 11.8 Å². The molecule has 0 aromatic rings. The predicted octanol–water partition coefficient (Wildman–Crippen LogP) is 2.28. The largest absolute Gasteiger partial charge is 0.329 e. The Kier molecular flexibility index (Phi) is 3.36. The van der Waals surface area contributed by atoms with Crippen LogP contribution >= 0.6 is 0 Å². The van der Waals surface area contributed by atoms with Crippen molar-refractivity contribution < 1.29 is 0 Å². The van der Waals surface area contributed by atoms with Crippen LogP contribution in [0.25, 0.3) is 0 Å². The van der Waals surface area contributed by atoms with Gasteiger partial charge in [-0.1, -0.05) is 26.7 Å². The second-order valence-electron chi connectivity index (χ2n) is 6.02. The van der Waals surface area contributed by atoms with E-state index in [0.717, 1.165) is 24.4 Å². The van der Waals surface area contributed by atoms with E-state index in [9.17, 15) is 0 Å². The second kappa shape index (κ2) is 4.42. The van der Waals surface area contributed by atoms with Crippen LogP contribution in [0.15, 0.2) is 0 Å². The normalized spacial score (nSPS) is 37.2. The Balaban J connectivity index is 1.83. The second-order valence-corrected chi connectivity index (χ2v) is 6.02. The molecule has 0 aromatic carbocycles. The molecular formula is C13H26N2. The Hall–Kier alpha value is -0.0800. The van der Waals surface area contributed by atoms with E-state index in [2.05, 4.69) is 19.2 Å². The van der Waals surface area contributed by atoms with Gasteiger partial charge in [0.25, 0.3) is 0 Å². The molecule has 2 heteroatoms. The van der Waals surface area contributed by atoms with Crippen molar-refractivity contribution in [3.05, 3.63) is 0 Å². The van der Waals surface area contributed by atoms with Gasteiger partial charge in [-0.05, 0) is 37.5 Å². The van der Waals surface area contributed by atoms with Gasteiger partial charge < -0.3 is 11.1 Å². The van der Waals surface area contributed by atoms with Crippen LogP contribution in [0.3, 0.4) is 0 Å². The molecule has 2 aliphatic rings. The summed E-state index contributed by atoms with van der Waals surface area (Å²) in [5.74, 6) is 1.73. The third-order valence-corrected chi connectivity index (χ3v) is 4.50. The van der Waals surface area contributed by atoms with E-state index in [0.29, 0.717) is 5.54 Å². The van der Waals surface area contributed by atoms with Crippen LogP contribution in [-0.2, 0) is 0 Å². The van der Waals surface area contributed by atoms with Crippen molar-refractivity contribution in [3.8, 4) is 0 Å². The summed E-state index contributed by atoms with van der Waals surface area (Å²) < 4.78 is 0. The molecule has 2 nitrogen and oxygen atoms in total. The van der Waals surface area contributed by atoms with Gasteiger partial charge >= 0.3 is 0 Å². The number of hydrogen-bond donors (Lipinski definition) is 2. The van der Waals surface area contributed by atoms with E-state index >= 15 is 0 Å². The zero-order valence-electron chi connectivity index (χ0n) is 10.3. The maximum Gasteiger partial charge on any atom is 0.0311 e. The Morgan fingerprint density at radius 3 is 2.33 bits per heavy atom. The fourth-order valence-corrected chi connectivity index (χ4v) is 3.26. The number of nitrogens with two attached hydrogens (primary N) is 1. The monoisotopic (exact) mass is 210 g/mol. The molecule has 0 aliphatic heterocycles. The molecule has 0 radical (unpaired) electrons. The van der Waals surface area contributed by atoms with Gasteiger partial charge in [-0.2, -0.15) is 0 Å². The van der Waals surface area contributed by atoms with Crippen molar-refractivity contribution in [1.82, 2.24) is 5.32 Å². The molecule has 0 unspecified atom stereocenters. The molecule has 0 amide bonds. The summed E-state index contributed by atoms with van der Waals surface area (Å²) in [7, 11) is 0. The lowest BCUT2D eigenvalue weighted by Gasteiger charge is -2.51. The van der Waals surface area contributed by atoms with E-state index in [1.165, 1.54) is 38.5 Å². The van der Waals surface area contributed by atoms with Gasteiger partial charge in [-0.25, -0.2) is 0 Å². The molecule has 15 heavy (non-hydrogen) atoms. The van der Waals surface area contributed by atoms with Crippen molar-refractivity contribution in [1.29, 1.82) is 0 Å². The molecule has 0 bridgehead atoms. The molecule has 0 atom stereocenters. The van der Waals surface area contributed by atoms with Crippen LogP contribution in [0.5, 0.6) is 0 Å². The maximum absolute atomic E-state index is 5.95. The van der Waals surface area contributed by atoms with Crippen molar-refractivity contribution in [2.75, 3.05) is 6.54 Å². The smallest absolute Gasteiger partial charge is 0.0311 e. The number of nitrogens with one attached hydrogen (secondary N) is 1. The summed E-state index contributed by atoms with van der Waals surface area (Å²) in [6.07, 6.45) is 8.16. The van der Waals surface area contributed by atoms with Gasteiger partial charge in [0.15, 0.2) is 0 Å². The van der Waals surface area contributed by atoms with Crippen LogP contribution in [-0.4, -0.2) is 18.1 Å². The third-order valence-electron chi connectivity index (χ3n) is 4.50. The lowest BCUT2D eigenvalue weighted by atomic mass is 9.63. The van der Waals surface area contributed by atoms with E-state index in [-0.39, 0.29) is 0 Å². The summed E-state index contributed by atoms with van der Waals surface area (Å²) in [5, 5.41) is 3.84. The molecule has 2 aliphatic carbocycles. The standard InChI is InChI=1S/C13H26N2/c1-10(2)11-7-13(8-11,9-14)15-12-5-3-4-6-12/h10-12,15H,3-9,14H2,1-2H3. The highest BCUT2D eigenvalue weighted by molar-refractivity contribution is 5.04. The topological polar surface area (TPSA) is 38.0 Å². The van der Waals surface area contributed by atoms with Crippen LogP contribution in [0.4, 0.5) is 0 Å². The minimum absolute atomic E-state index is 0.309. The summed E-state index contributed by atoms with van der Waals surface area (Å²) in [6, 6.07) is 0.765. The van der Waals surface area contributed by atoms with E-state index in [1.807, 2.05) is 0 Å². The first-order chi connectivity index (χ1) is 7.15. The molecule has 3 N–H and O–H groups in total. The molecule has 2 rings (SSSR count). The lowest BCUT2D eigenvalue weighted by Crippen LogP contribution is -2.63. The Bertz CT molecular complexity index is 201. The van der Waals surface area contributed by atoms with Gasteiger partial charge in [0.2, 0.25) is 0 Å². The molecule has 2 saturated carbocycles. The van der Waals surface area contributed by atoms with Gasteiger partial charge in [0.05, 0.1) is 0 Å². The Labute approximate surface area is 94.0 Å². The van der Waals surface area contributed by atoms with E-state index < -0.39 is 0 Å². The predicted molar refractivity (Wildman–Crippen MR) is 64.7 cm³/mol. The number of hydrogen-bond acceptors (Lipinski definition) is 2. The summed E-state index contributed by atoms with van der Waals surface area (Å²) in [4.78, 5) is 0. The third kappa shape index (κ3) is 2.36. The van der Waals surface area contributed by atoms with Crippen molar-refractivity contribution in [3.63, 3.8) is 0 Å². The van der Waals surface area contributed by atoms with Gasteiger partial charge in [-0.15, -0.1) is 0 Å². The molecule has 2 fully saturated rings. The Morgan fingerprint density at radius 2 is 1.87 bits per heavy atom. The molecule has 0 spiro atoms. The minimum atomic E-state index is 0.309. The highest BCUT2D eigenvalue weighted by atomic mass is 15.1. The quantitative estimate of drug-likeness (QED) is 0.747. The summed E-state index contributed by atoms with van der Waals surface area (Å²) in [5.41, 5.74) is 6.26. The van der Waals surface area contributed by atoms with E-state index in [4.69, 9.17) is 5.73 Å². The van der Waals surface area contributed by atoms with Crippen LogP contribution in [0.1, 0.15) is 52.4 Å². The average molecular weight is 210 g/mol. The SMILES string of the molecule is CC(C)C1CC(CN)(NC2CCCC2)C1. The van der Waals surface area contributed by atoms with Gasteiger partial charge in [0, 0.05) is 18.1 Å². The summed E-state index contributed by atoms with van der Waals surface area (Å²) in [6.45, 7) is 5.49. The fourth-order valence-electron chi connectivity index (χ4n) is 3.26. The van der Waals surface area contributed by atoms with Gasteiger partial charge in [0.1, 0.15) is 0 Å². The highest BCUT2D eigenvalue weighted by Crippen LogP contribution is 2.42. The van der Waals surface area contributed by atoms with Crippen molar-refractivity contribution >= 4 is 0 Å². The molecule has 0 heterocycles. The zero-order valence-corrected chi connectivity index (χ0v) is 10.3. The van der Waals surface area contributed by atoms with Crippen molar-refractivity contribution in [2.24, 2.45) is 17.6 Å². The molecule has 88 valence electrons. The maximum atomic E-state index is 5.95. The van der Waals surface area contributed by atoms with Crippen LogP contribution in [0.2, 0.25) is 0 Å². The average Bonchev–Trinajstić information content (AvgIpc) is 2.62. The number of rotatable bonds is 4. The first kappa shape index (κ1) is 11.4. The molecule has 0 saturated heterocycles. The zero-order chi connectivity index (χ0) is 10.9. The van der Waals surface area contributed by atoms with Crippen LogP contribution < -0.4 is 11.1 Å². The lowest BCUT2D eigenvalue weighted by molar-refractivity contribution is 0.0661. The van der Waals surface area contributed by atoms with Crippen molar-refractivity contribution in [2.45, 2.75) is 64.0 Å². The first-order valence-corrected chi connectivity index (χ1v) is 6.63. The first-order valence-electron chi connectivity index (χ1n) is 6.63. The Morgan fingerprint density at radius 1 is 1.27 bits per heavy atom.